The fourth-order valence-electron chi connectivity index (χ4n) is 3.11. The Morgan fingerprint density at radius 1 is 1.17 bits per heavy atom. The van der Waals surface area contributed by atoms with Crippen molar-refractivity contribution in [2.75, 3.05) is 5.32 Å². The molecule has 2 N–H and O–H groups in total. The van der Waals surface area contributed by atoms with Crippen molar-refractivity contribution in [1.29, 1.82) is 0 Å². The second kappa shape index (κ2) is 9.47. The summed E-state index contributed by atoms with van der Waals surface area (Å²) in [5.74, 6) is 0.508. The quantitative estimate of drug-likeness (QED) is 0.433. The molecule has 2 heterocycles. The topological polar surface area (TPSA) is 75.1 Å². The zero-order valence-corrected chi connectivity index (χ0v) is 17.6. The molecule has 0 fully saturated rings. The Hall–Kier alpha value is -2.99. The van der Waals surface area contributed by atoms with E-state index in [0.29, 0.717) is 12.2 Å². The third kappa shape index (κ3) is 4.90. The molecule has 150 valence electrons. The Balaban J connectivity index is 2.02. The number of hydrogen-bond donors (Lipinski definition) is 2. The average molecular weight is 408 g/mol. The second-order valence-corrected chi connectivity index (χ2v) is 7.86. The number of hydrogen-bond acceptors (Lipinski definition) is 5. The standard InChI is InChI=1S/C23H25N3O2S/c1-4-7-17-13-14-20(29-17)22-25-19(6-3)18(8-5-2)21(26-22)24-16-11-9-15(10-12-16)23(27)28/h5,9-14H,2,4,6-8H2,1,3H3,(H,27,28)(H,24,25,26). The van der Waals surface area contributed by atoms with E-state index in [1.165, 1.54) is 4.88 Å². The van der Waals surface area contributed by atoms with Crippen molar-refractivity contribution in [2.24, 2.45) is 0 Å². The zero-order valence-electron chi connectivity index (χ0n) is 16.7. The van der Waals surface area contributed by atoms with Crippen LogP contribution in [-0.4, -0.2) is 21.0 Å². The smallest absolute Gasteiger partial charge is 0.335 e. The number of anilines is 2. The maximum Gasteiger partial charge on any atom is 0.335 e. The molecule has 3 rings (SSSR count). The summed E-state index contributed by atoms with van der Waals surface area (Å²) < 4.78 is 0. The van der Waals surface area contributed by atoms with E-state index < -0.39 is 5.97 Å². The number of carboxylic acids is 1. The molecule has 0 saturated heterocycles. The molecular weight excluding hydrogens is 382 g/mol. The van der Waals surface area contributed by atoms with E-state index in [9.17, 15) is 4.79 Å². The number of benzene rings is 1. The lowest BCUT2D eigenvalue weighted by Crippen LogP contribution is -2.07. The normalized spacial score (nSPS) is 10.7. The highest BCUT2D eigenvalue weighted by atomic mass is 32.1. The van der Waals surface area contributed by atoms with Gasteiger partial charge in [-0.25, -0.2) is 14.8 Å². The Labute approximate surface area is 175 Å². The molecule has 0 aliphatic heterocycles. The van der Waals surface area contributed by atoms with E-state index in [0.717, 1.165) is 46.9 Å². The van der Waals surface area contributed by atoms with Crippen LogP contribution in [0.4, 0.5) is 11.5 Å². The van der Waals surface area contributed by atoms with Gasteiger partial charge in [0.15, 0.2) is 5.82 Å². The van der Waals surface area contributed by atoms with Crippen molar-refractivity contribution < 1.29 is 9.90 Å². The third-order valence-corrected chi connectivity index (χ3v) is 5.69. The molecule has 0 spiro atoms. The second-order valence-electron chi connectivity index (χ2n) is 6.69. The monoisotopic (exact) mass is 407 g/mol. The van der Waals surface area contributed by atoms with Crippen molar-refractivity contribution >= 4 is 28.8 Å². The van der Waals surface area contributed by atoms with Crippen LogP contribution in [0.3, 0.4) is 0 Å². The van der Waals surface area contributed by atoms with Gasteiger partial charge in [0.2, 0.25) is 0 Å². The first-order chi connectivity index (χ1) is 14.0. The summed E-state index contributed by atoms with van der Waals surface area (Å²) >= 11 is 1.73. The van der Waals surface area contributed by atoms with Crippen LogP contribution in [-0.2, 0) is 19.3 Å². The molecule has 0 aliphatic carbocycles. The van der Waals surface area contributed by atoms with Crippen molar-refractivity contribution in [1.82, 2.24) is 9.97 Å². The fraction of sp³-hybridized carbons (Fsp3) is 0.261. The summed E-state index contributed by atoms with van der Waals surface area (Å²) in [6, 6.07) is 10.9. The first-order valence-electron chi connectivity index (χ1n) is 9.75. The van der Waals surface area contributed by atoms with Gasteiger partial charge >= 0.3 is 5.97 Å². The number of aryl methyl sites for hydroxylation is 2. The van der Waals surface area contributed by atoms with Crippen molar-refractivity contribution in [3.8, 4) is 10.7 Å². The summed E-state index contributed by atoms with van der Waals surface area (Å²) in [7, 11) is 0. The van der Waals surface area contributed by atoms with Gasteiger partial charge in [-0.15, -0.1) is 17.9 Å². The maximum absolute atomic E-state index is 11.1. The van der Waals surface area contributed by atoms with E-state index >= 15 is 0 Å². The molecule has 0 bridgehead atoms. The van der Waals surface area contributed by atoms with Gasteiger partial charge in [-0.1, -0.05) is 26.3 Å². The summed E-state index contributed by atoms with van der Waals surface area (Å²) in [5, 5.41) is 12.5. The van der Waals surface area contributed by atoms with Gasteiger partial charge < -0.3 is 10.4 Å². The Morgan fingerprint density at radius 2 is 1.93 bits per heavy atom. The molecular formula is C23H25N3O2S. The van der Waals surface area contributed by atoms with Gasteiger partial charge in [0.25, 0.3) is 0 Å². The first kappa shape index (κ1) is 20.7. The number of nitrogens with one attached hydrogen (secondary N) is 1. The van der Waals surface area contributed by atoms with Crippen LogP contribution in [0.25, 0.3) is 10.7 Å². The lowest BCUT2D eigenvalue weighted by atomic mass is 10.1. The summed E-state index contributed by atoms with van der Waals surface area (Å²) in [4.78, 5) is 23.1. The van der Waals surface area contributed by atoms with Gasteiger partial charge in [-0.2, -0.15) is 0 Å². The summed E-state index contributed by atoms with van der Waals surface area (Å²) in [6.45, 7) is 8.13. The van der Waals surface area contributed by atoms with Crippen LogP contribution in [0.5, 0.6) is 0 Å². The molecule has 0 atom stereocenters. The highest BCUT2D eigenvalue weighted by Crippen LogP contribution is 2.31. The molecule has 3 aromatic rings. The Bertz CT molecular complexity index is 1010. The van der Waals surface area contributed by atoms with E-state index in [4.69, 9.17) is 15.1 Å². The van der Waals surface area contributed by atoms with E-state index in [1.807, 2.05) is 6.08 Å². The number of carbonyl (C=O) groups is 1. The lowest BCUT2D eigenvalue weighted by Gasteiger charge is -2.15. The van der Waals surface area contributed by atoms with Crippen LogP contribution in [0.15, 0.2) is 49.1 Å². The summed E-state index contributed by atoms with van der Waals surface area (Å²) in [5.41, 5.74) is 3.04. The highest BCUT2D eigenvalue weighted by Gasteiger charge is 2.15. The number of allylic oxidation sites excluding steroid dienone is 1. The molecule has 0 aliphatic rings. The minimum Gasteiger partial charge on any atom is -0.478 e. The largest absolute Gasteiger partial charge is 0.478 e. The first-order valence-corrected chi connectivity index (χ1v) is 10.6. The number of nitrogens with zero attached hydrogens (tertiary/aromatic N) is 2. The number of thiophene rings is 1. The molecule has 29 heavy (non-hydrogen) atoms. The molecule has 0 radical (unpaired) electrons. The fourth-order valence-corrected chi connectivity index (χ4v) is 4.15. The van der Waals surface area contributed by atoms with Crippen molar-refractivity contribution in [3.05, 3.63) is 70.8 Å². The highest BCUT2D eigenvalue weighted by molar-refractivity contribution is 7.15. The molecule has 0 amide bonds. The molecule has 1 aromatic carbocycles. The van der Waals surface area contributed by atoms with Crippen LogP contribution in [0.1, 0.15) is 46.8 Å². The van der Waals surface area contributed by atoms with Crippen molar-refractivity contribution in [2.45, 2.75) is 39.5 Å². The van der Waals surface area contributed by atoms with Crippen LogP contribution in [0.2, 0.25) is 0 Å². The predicted octanol–water partition coefficient (Wildman–Crippen LogP) is 5.89. The van der Waals surface area contributed by atoms with Crippen LogP contribution >= 0.6 is 11.3 Å². The number of carboxylic acid groups (broad SMARTS) is 1. The number of aromatic carboxylic acids is 1. The van der Waals surface area contributed by atoms with E-state index in [2.05, 4.69) is 37.9 Å². The van der Waals surface area contributed by atoms with Gasteiger partial charge in [0.05, 0.1) is 10.4 Å². The Kier molecular flexibility index (Phi) is 6.77. The minimum absolute atomic E-state index is 0.251. The SMILES string of the molecule is C=CCc1c(CC)nc(-c2ccc(CCC)s2)nc1Nc1ccc(C(=O)O)cc1. The molecule has 0 unspecified atom stereocenters. The number of rotatable bonds is 9. The van der Waals surface area contributed by atoms with E-state index in [1.54, 1.807) is 35.6 Å². The molecule has 5 nitrogen and oxygen atoms in total. The van der Waals surface area contributed by atoms with Crippen LogP contribution < -0.4 is 5.32 Å². The predicted molar refractivity (Wildman–Crippen MR) is 119 cm³/mol. The molecule has 2 aromatic heterocycles. The average Bonchev–Trinajstić information content (AvgIpc) is 3.18. The van der Waals surface area contributed by atoms with Gasteiger partial charge in [-0.05, 0) is 55.7 Å². The summed E-state index contributed by atoms with van der Waals surface area (Å²) in [6.07, 6.45) is 5.46. The Morgan fingerprint density at radius 3 is 2.55 bits per heavy atom. The van der Waals surface area contributed by atoms with Crippen LogP contribution in [0, 0.1) is 0 Å². The third-order valence-electron chi connectivity index (χ3n) is 4.55. The number of aromatic nitrogens is 2. The zero-order chi connectivity index (χ0) is 20.8. The van der Waals surface area contributed by atoms with Gasteiger partial charge in [-0.3, -0.25) is 0 Å². The van der Waals surface area contributed by atoms with Crippen molar-refractivity contribution in [3.63, 3.8) is 0 Å². The van der Waals surface area contributed by atoms with E-state index in [-0.39, 0.29) is 5.56 Å². The van der Waals surface area contributed by atoms with Gasteiger partial charge in [0, 0.05) is 21.8 Å². The minimum atomic E-state index is -0.943. The molecule has 6 heteroatoms. The van der Waals surface area contributed by atoms with Gasteiger partial charge in [0.1, 0.15) is 5.82 Å². The maximum atomic E-state index is 11.1. The lowest BCUT2D eigenvalue weighted by molar-refractivity contribution is 0.0697. The molecule has 0 saturated carbocycles.